The van der Waals surface area contributed by atoms with E-state index < -0.39 is 15.9 Å². The van der Waals surface area contributed by atoms with E-state index in [0.29, 0.717) is 31.9 Å². The second-order valence-corrected chi connectivity index (χ2v) is 8.43. The fourth-order valence-corrected chi connectivity index (χ4v) is 4.37. The van der Waals surface area contributed by atoms with E-state index in [9.17, 15) is 18.0 Å². The van der Waals surface area contributed by atoms with Crippen molar-refractivity contribution >= 4 is 21.8 Å². The van der Waals surface area contributed by atoms with Crippen molar-refractivity contribution in [1.82, 2.24) is 14.9 Å². The van der Waals surface area contributed by atoms with Crippen LogP contribution in [0.4, 0.5) is 0 Å². The molecule has 1 saturated heterocycles. The van der Waals surface area contributed by atoms with Gasteiger partial charge in [-0.3, -0.25) is 9.59 Å². The molecule has 2 amide bonds. The molecule has 142 valence electrons. The maximum atomic E-state index is 12.9. The summed E-state index contributed by atoms with van der Waals surface area (Å²) < 4.78 is 32.3. The average Bonchev–Trinajstić information content (AvgIpc) is 3.44. The second-order valence-electron chi connectivity index (χ2n) is 6.52. The molecular formula is C17H23N3O5S. The highest BCUT2D eigenvalue weighted by Crippen LogP contribution is 2.22. The summed E-state index contributed by atoms with van der Waals surface area (Å²) in [5.41, 5.74) is 0.779. The molecule has 1 aromatic carbocycles. The van der Waals surface area contributed by atoms with E-state index in [4.69, 9.17) is 4.74 Å². The zero-order valence-electron chi connectivity index (χ0n) is 14.7. The first-order chi connectivity index (χ1) is 12.4. The zero-order chi connectivity index (χ0) is 18.7. The molecule has 0 aromatic heterocycles. The Hall–Kier alpha value is -1.97. The number of amides is 2. The van der Waals surface area contributed by atoms with Gasteiger partial charge in [0.2, 0.25) is 15.9 Å². The third-order valence-electron chi connectivity index (χ3n) is 4.39. The van der Waals surface area contributed by atoms with Crippen molar-refractivity contribution < 1.29 is 22.7 Å². The van der Waals surface area contributed by atoms with Gasteiger partial charge in [-0.25, -0.2) is 8.42 Å². The number of carbonyl (C=O) groups excluding carboxylic acids is 2. The lowest BCUT2D eigenvalue weighted by molar-refractivity contribution is -0.120. The van der Waals surface area contributed by atoms with Crippen LogP contribution in [-0.2, 0) is 19.6 Å². The molecule has 1 aromatic rings. The molecule has 0 unspecified atom stereocenters. The van der Waals surface area contributed by atoms with E-state index in [2.05, 4.69) is 10.6 Å². The number of aryl methyl sites for hydroxylation is 1. The van der Waals surface area contributed by atoms with Gasteiger partial charge in [0.05, 0.1) is 24.7 Å². The van der Waals surface area contributed by atoms with Gasteiger partial charge in [0.1, 0.15) is 0 Å². The number of ether oxygens (including phenoxy) is 1. The van der Waals surface area contributed by atoms with Gasteiger partial charge in [-0.2, -0.15) is 4.31 Å². The van der Waals surface area contributed by atoms with Gasteiger partial charge in [-0.15, -0.1) is 0 Å². The standard InChI is InChI=1S/C17H23N3O5S/c1-12-2-3-13(17(22)18-11-16(21)19-14-4-5-14)10-15(12)26(23,24)20-6-8-25-9-7-20/h2-3,10,14H,4-9,11H2,1H3,(H,18,22)(H,19,21). The highest BCUT2D eigenvalue weighted by atomic mass is 32.2. The normalized spacial score (nSPS) is 18.3. The van der Waals surface area contributed by atoms with Crippen LogP contribution in [0.25, 0.3) is 0 Å². The monoisotopic (exact) mass is 381 g/mol. The third kappa shape index (κ3) is 4.40. The Morgan fingerprint density at radius 1 is 1.23 bits per heavy atom. The molecule has 0 spiro atoms. The topological polar surface area (TPSA) is 105 Å². The first-order valence-corrected chi connectivity index (χ1v) is 10.1. The number of nitrogens with zero attached hydrogens (tertiary/aromatic N) is 1. The molecule has 1 saturated carbocycles. The molecule has 1 aliphatic heterocycles. The smallest absolute Gasteiger partial charge is 0.251 e. The molecule has 2 aliphatic rings. The predicted molar refractivity (Wildman–Crippen MR) is 94.3 cm³/mol. The lowest BCUT2D eigenvalue weighted by Gasteiger charge is -2.26. The number of rotatable bonds is 6. The number of sulfonamides is 1. The Kier molecular flexibility index (Phi) is 5.59. The van der Waals surface area contributed by atoms with Gasteiger partial charge in [0.15, 0.2) is 0 Å². The van der Waals surface area contributed by atoms with Crippen LogP contribution >= 0.6 is 0 Å². The Balaban J connectivity index is 1.71. The van der Waals surface area contributed by atoms with E-state index in [1.165, 1.54) is 10.4 Å². The van der Waals surface area contributed by atoms with E-state index in [1.807, 2.05) is 0 Å². The van der Waals surface area contributed by atoms with Crippen molar-refractivity contribution in [2.75, 3.05) is 32.8 Å². The fraction of sp³-hybridized carbons (Fsp3) is 0.529. The number of morpholine rings is 1. The minimum atomic E-state index is -3.69. The van der Waals surface area contributed by atoms with Crippen LogP contribution in [0.1, 0.15) is 28.8 Å². The van der Waals surface area contributed by atoms with Crippen molar-refractivity contribution in [1.29, 1.82) is 0 Å². The average molecular weight is 381 g/mol. The fourth-order valence-electron chi connectivity index (χ4n) is 2.71. The van der Waals surface area contributed by atoms with Crippen molar-refractivity contribution in [2.45, 2.75) is 30.7 Å². The van der Waals surface area contributed by atoms with Crippen molar-refractivity contribution in [3.05, 3.63) is 29.3 Å². The summed E-state index contributed by atoms with van der Waals surface area (Å²) in [6, 6.07) is 4.76. The summed E-state index contributed by atoms with van der Waals surface area (Å²) in [6.07, 6.45) is 1.95. The predicted octanol–water partition coefficient (Wildman–Crippen LogP) is 0.0243. The third-order valence-corrected chi connectivity index (χ3v) is 6.43. The lowest BCUT2D eigenvalue weighted by Crippen LogP contribution is -2.41. The quantitative estimate of drug-likeness (QED) is 0.723. The molecule has 2 N–H and O–H groups in total. The highest BCUT2D eigenvalue weighted by molar-refractivity contribution is 7.89. The van der Waals surface area contributed by atoms with Gasteiger partial charge >= 0.3 is 0 Å². The summed E-state index contributed by atoms with van der Waals surface area (Å²) >= 11 is 0. The molecule has 8 nitrogen and oxygen atoms in total. The summed E-state index contributed by atoms with van der Waals surface area (Å²) in [5.74, 6) is -0.719. The van der Waals surface area contributed by atoms with Crippen LogP contribution in [0.5, 0.6) is 0 Å². The zero-order valence-corrected chi connectivity index (χ0v) is 15.5. The minimum absolute atomic E-state index is 0.106. The molecule has 26 heavy (non-hydrogen) atoms. The van der Waals surface area contributed by atoms with E-state index in [1.54, 1.807) is 19.1 Å². The Morgan fingerprint density at radius 3 is 2.58 bits per heavy atom. The Labute approximate surface area is 152 Å². The van der Waals surface area contributed by atoms with Crippen LogP contribution in [0.3, 0.4) is 0 Å². The first kappa shape index (κ1) is 18.8. The van der Waals surface area contributed by atoms with Gasteiger partial charge in [0.25, 0.3) is 5.91 Å². The van der Waals surface area contributed by atoms with E-state index in [-0.39, 0.29) is 29.0 Å². The van der Waals surface area contributed by atoms with Gasteiger partial charge in [-0.05, 0) is 37.5 Å². The summed E-state index contributed by atoms with van der Waals surface area (Å²) in [6.45, 7) is 2.86. The lowest BCUT2D eigenvalue weighted by atomic mass is 10.1. The number of hydrogen-bond acceptors (Lipinski definition) is 5. The van der Waals surface area contributed by atoms with Crippen LogP contribution in [0.15, 0.2) is 23.1 Å². The van der Waals surface area contributed by atoms with Gasteiger partial charge in [-0.1, -0.05) is 6.07 Å². The largest absolute Gasteiger partial charge is 0.379 e. The van der Waals surface area contributed by atoms with Crippen molar-refractivity contribution in [2.24, 2.45) is 0 Å². The summed E-state index contributed by atoms with van der Waals surface area (Å²) in [7, 11) is -3.69. The maximum Gasteiger partial charge on any atom is 0.251 e. The number of hydrogen-bond donors (Lipinski definition) is 2. The molecule has 2 fully saturated rings. The number of carbonyl (C=O) groups is 2. The second kappa shape index (κ2) is 7.73. The molecule has 3 rings (SSSR count). The highest BCUT2D eigenvalue weighted by Gasteiger charge is 2.28. The van der Waals surface area contributed by atoms with Crippen LogP contribution in [0.2, 0.25) is 0 Å². The van der Waals surface area contributed by atoms with Crippen molar-refractivity contribution in [3.63, 3.8) is 0 Å². The van der Waals surface area contributed by atoms with Crippen LogP contribution < -0.4 is 10.6 Å². The molecule has 0 radical (unpaired) electrons. The van der Waals surface area contributed by atoms with Gasteiger partial charge < -0.3 is 15.4 Å². The number of benzene rings is 1. The maximum absolute atomic E-state index is 12.9. The van der Waals surface area contributed by atoms with E-state index >= 15 is 0 Å². The van der Waals surface area contributed by atoms with Crippen LogP contribution in [0, 0.1) is 6.92 Å². The van der Waals surface area contributed by atoms with Gasteiger partial charge in [0, 0.05) is 24.7 Å². The molecule has 1 aliphatic carbocycles. The van der Waals surface area contributed by atoms with Crippen molar-refractivity contribution in [3.8, 4) is 0 Å². The molecular weight excluding hydrogens is 358 g/mol. The molecule has 0 bridgehead atoms. The molecule has 1 heterocycles. The number of nitrogens with one attached hydrogen (secondary N) is 2. The Morgan fingerprint density at radius 2 is 1.92 bits per heavy atom. The summed E-state index contributed by atoms with van der Waals surface area (Å²) in [4.78, 5) is 24.1. The molecule has 0 atom stereocenters. The first-order valence-electron chi connectivity index (χ1n) is 8.64. The SMILES string of the molecule is Cc1ccc(C(=O)NCC(=O)NC2CC2)cc1S(=O)(=O)N1CCOCC1. The minimum Gasteiger partial charge on any atom is -0.379 e. The van der Waals surface area contributed by atoms with Crippen LogP contribution in [-0.4, -0.2) is 63.4 Å². The molecule has 9 heteroatoms. The Bertz CT molecular complexity index is 799. The van der Waals surface area contributed by atoms with E-state index in [0.717, 1.165) is 12.8 Å². The summed E-state index contributed by atoms with van der Waals surface area (Å²) in [5, 5.41) is 5.31.